The van der Waals surface area contributed by atoms with Crippen molar-refractivity contribution < 1.29 is 0 Å². The minimum absolute atomic E-state index is 0.0601. The lowest BCUT2D eigenvalue weighted by Crippen LogP contribution is -2.26. The fraction of sp³-hybridized carbons (Fsp3) is 0.0476. The first kappa shape index (κ1) is 37.7. The van der Waals surface area contributed by atoms with Crippen LogP contribution in [0.1, 0.15) is 56.8 Å². The molecule has 2 atom stereocenters. The summed E-state index contributed by atoms with van der Waals surface area (Å²) >= 11 is 0. The summed E-state index contributed by atoms with van der Waals surface area (Å²) in [7, 11) is 0. The molecule has 4 nitrogen and oxygen atoms in total. The molecule has 0 saturated heterocycles. The van der Waals surface area contributed by atoms with Gasteiger partial charge in [0.2, 0.25) is 0 Å². The van der Waals surface area contributed by atoms with Crippen molar-refractivity contribution in [3.8, 4) is 22.3 Å². The number of rotatable bonds is 6. The molecule has 0 amide bonds. The first-order valence-corrected chi connectivity index (χ1v) is 23.3. The van der Waals surface area contributed by atoms with Gasteiger partial charge >= 0.3 is 0 Å². The molecule has 14 rings (SSSR count). The molecule has 0 fully saturated rings. The van der Waals surface area contributed by atoms with Crippen molar-refractivity contribution in [2.24, 2.45) is 0 Å². The first-order chi connectivity index (χ1) is 33.2. The lowest BCUT2D eigenvalue weighted by molar-refractivity contribution is 0.577. The molecular formula is C63H44N4. The van der Waals surface area contributed by atoms with E-state index in [9.17, 15) is 0 Å². The van der Waals surface area contributed by atoms with Gasteiger partial charge in [-0.25, -0.2) is 0 Å². The van der Waals surface area contributed by atoms with Gasteiger partial charge < -0.3 is 19.8 Å². The van der Waals surface area contributed by atoms with Gasteiger partial charge in [-0.2, -0.15) is 0 Å². The van der Waals surface area contributed by atoms with E-state index in [0.29, 0.717) is 0 Å². The normalized spacial score (nSPS) is 17.3. The lowest BCUT2D eigenvalue weighted by Gasteiger charge is -2.30. The Labute approximate surface area is 389 Å². The second kappa shape index (κ2) is 14.7. The van der Waals surface area contributed by atoms with Crippen LogP contribution in [0.4, 0.5) is 0 Å². The molecule has 2 aromatic heterocycles. The zero-order chi connectivity index (χ0) is 44.1. The quantitative estimate of drug-likeness (QED) is 0.163. The first-order valence-electron chi connectivity index (χ1n) is 23.3. The maximum Gasteiger partial charge on any atom is 0.123 e. The molecule has 0 radical (unpaired) electrons. The monoisotopic (exact) mass is 856 g/mol. The van der Waals surface area contributed by atoms with E-state index in [-0.39, 0.29) is 12.3 Å². The van der Waals surface area contributed by atoms with E-state index in [1.54, 1.807) is 0 Å². The molecule has 316 valence electrons. The number of hydrogen-bond acceptors (Lipinski definition) is 2. The van der Waals surface area contributed by atoms with Crippen molar-refractivity contribution in [1.29, 1.82) is 0 Å². The number of dihydropyridines is 2. The van der Waals surface area contributed by atoms with Crippen LogP contribution in [0.2, 0.25) is 0 Å². The lowest BCUT2D eigenvalue weighted by atomic mass is 9.70. The van der Waals surface area contributed by atoms with Gasteiger partial charge in [0, 0.05) is 21.5 Å². The summed E-state index contributed by atoms with van der Waals surface area (Å²) in [4.78, 5) is 0. The Morgan fingerprint density at radius 2 is 0.731 bits per heavy atom. The van der Waals surface area contributed by atoms with E-state index >= 15 is 0 Å². The van der Waals surface area contributed by atoms with E-state index in [4.69, 9.17) is 0 Å². The molecule has 8 aromatic carbocycles. The number of nitrogens with one attached hydrogen (secondary N) is 2. The summed E-state index contributed by atoms with van der Waals surface area (Å²) in [5.41, 5.74) is 19.7. The third kappa shape index (κ3) is 5.60. The molecule has 1 spiro atoms. The van der Waals surface area contributed by atoms with Gasteiger partial charge in [0.25, 0.3) is 0 Å². The highest BCUT2D eigenvalue weighted by atomic mass is 15.2. The second-order valence-electron chi connectivity index (χ2n) is 18.2. The molecular weight excluding hydrogens is 813 g/mol. The SMILES string of the molecule is C1=CNC(n2c3ccccc3c3cc(/C=C/c4ccc5c(c4)C4(c6ccccc6-c6ccccc64)c4cc(/C=C/c6ccc7c(c6)c6ccccc6n7C6C=CC=CN6)ccc4-5)ccc32)C=C1. The average molecular weight is 857 g/mol. The van der Waals surface area contributed by atoms with Crippen LogP contribution >= 0.6 is 0 Å². The van der Waals surface area contributed by atoms with Gasteiger partial charge in [0.15, 0.2) is 0 Å². The number of para-hydroxylation sites is 2. The Balaban J connectivity index is 0.864. The molecule has 2 unspecified atom stereocenters. The number of hydrogen-bond donors (Lipinski definition) is 2. The molecule has 0 bridgehead atoms. The number of aromatic nitrogens is 2. The zero-order valence-corrected chi connectivity index (χ0v) is 36.6. The van der Waals surface area contributed by atoms with Crippen molar-refractivity contribution in [3.05, 3.63) is 263 Å². The summed E-state index contributed by atoms with van der Waals surface area (Å²) < 4.78 is 4.81. The average Bonchev–Trinajstić information content (AvgIpc) is 4.09. The third-order valence-electron chi connectivity index (χ3n) is 14.6. The molecule has 0 saturated carbocycles. The van der Waals surface area contributed by atoms with Crippen LogP contribution in [0.5, 0.6) is 0 Å². The Morgan fingerprint density at radius 1 is 0.343 bits per heavy atom. The topological polar surface area (TPSA) is 33.9 Å². The van der Waals surface area contributed by atoms with Crippen molar-refractivity contribution in [1.82, 2.24) is 19.8 Å². The highest BCUT2D eigenvalue weighted by Crippen LogP contribution is 2.63. The van der Waals surface area contributed by atoms with E-state index in [0.717, 1.165) is 0 Å². The van der Waals surface area contributed by atoms with E-state index < -0.39 is 5.41 Å². The molecule has 10 aromatic rings. The number of fused-ring (bicyclic) bond motifs is 16. The second-order valence-corrected chi connectivity index (χ2v) is 18.2. The summed E-state index contributed by atoms with van der Waals surface area (Å²) in [6.45, 7) is 0. The largest absolute Gasteiger partial charge is 0.368 e. The summed E-state index contributed by atoms with van der Waals surface area (Å²) in [6.07, 6.45) is 26.1. The van der Waals surface area contributed by atoms with Gasteiger partial charge in [0.1, 0.15) is 12.3 Å². The smallest absolute Gasteiger partial charge is 0.123 e. The summed E-state index contributed by atoms with van der Waals surface area (Å²) in [6, 6.07) is 63.6. The van der Waals surface area contributed by atoms with Gasteiger partial charge in [-0.3, -0.25) is 0 Å². The predicted molar refractivity (Wildman–Crippen MR) is 280 cm³/mol. The number of benzene rings is 8. The van der Waals surface area contributed by atoms with Crippen LogP contribution in [0.25, 0.3) is 90.2 Å². The van der Waals surface area contributed by atoms with Crippen molar-refractivity contribution >= 4 is 67.9 Å². The molecule has 67 heavy (non-hydrogen) atoms. The molecule has 2 aliphatic heterocycles. The van der Waals surface area contributed by atoms with Gasteiger partial charge in [-0.1, -0.05) is 158 Å². The van der Waals surface area contributed by atoms with Crippen LogP contribution in [0, 0.1) is 0 Å². The van der Waals surface area contributed by atoms with Crippen LogP contribution in [-0.4, -0.2) is 9.13 Å². The fourth-order valence-corrected chi connectivity index (χ4v) is 11.8. The van der Waals surface area contributed by atoms with Gasteiger partial charge in [-0.05, 0) is 152 Å². The predicted octanol–water partition coefficient (Wildman–Crippen LogP) is 14.9. The minimum Gasteiger partial charge on any atom is -0.368 e. The number of nitrogens with zero attached hydrogens (tertiary/aromatic N) is 2. The summed E-state index contributed by atoms with van der Waals surface area (Å²) in [5, 5.41) is 12.1. The Hall–Kier alpha value is -8.60. The van der Waals surface area contributed by atoms with Gasteiger partial charge in [-0.15, -0.1) is 0 Å². The molecule has 2 aliphatic carbocycles. The van der Waals surface area contributed by atoms with Crippen molar-refractivity contribution in [2.45, 2.75) is 17.7 Å². The third-order valence-corrected chi connectivity index (χ3v) is 14.6. The Morgan fingerprint density at radius 3 is 1.19 bits per heavy atom. The maximum atomic E-state index is 3.54. The standard InChI is InChI=1S/C63H44N4/c1-5-17-53-45(13-1)46-14-2-6-18-54(46)63(53)55-39-43(25-23-41-29-33-59-51(37-41)49-15-3-7-19-57(49)66(59)61-21-9-11-35-64-61)27-31-47(55)48-32-28-44(40-56(48)63)26-24-42-30-34-60-52(38-42)50-16-4-8-20-58(50)67(60)62-22-10-12-36-65-62/h1-40,61-62,64-65H/b25-23+,26-24+. The maximum absolute atomic E-state index is 3.54. The van der Waals surface area contributed by atoms with E-state index in [2.05, 4.69) is 238 Å². The highest BCUT2D eigenvalue weighted by Gasteiger charge is 2.51. The van der Waals surface area contributed by atoms with Gasteiger partial charge in [0.05, 0.1) is 27.5 Å². The van der Waals surface area contributed by atoms with Crippen LogP contribution in [0.15, 0.2) is 219 Å². The van der Waals surface area contributed by atoms with Crippen LogP contribution < -0.4 is 10.6 Å². The van der Waals surface area contributed by atoms with Crippen LogP contribution in [0.3, 0.4) is 0 Å². The molecule has 2 N–H and O–H groups in total. The van der Waals surface area contributed by atoms with E-state index in [1.807, 2.05) is 24.6 Å². The Kier molecular flexibility index (Phi) is 8.29. The van der Waals surface area contributed by atoms with Crippen molar-refractivity contribution in [2.75, 3.05) is 0 Å². The number of allylic oxidation sites excluding steroid dienone is 4. The summed E-state index contributed by atoms with van der Waals surface area (Å²) in [5.74, 6) is 0. The molecule has 4 aliphatic rings. The molecule has 4 heterocycles. The van der Waals surface area contributed by atoms with Crippen molar-refractivity contribution in [3.63, 3.8) is 0 Å². The minimum atomic E-state index is -0.458. The Bertz CT molecular complexity index is 3640. The fourth-order valence-electron chi connectivity index (χ4n) is 11.8. The van der Waals surface area contributed by atoms with E-state index in [1.165, 1.54) is 110 Å². The van der Waals surface area contributed by atoms with Crippen LogP contribution in [-0.2, 0) is 5.41 Å². The molecule has 4 heteroatoms. The zero-order valence-electron chi connectivity index (χ0n) is 36.6. The highest BCUT2D eigenvalue weighted by molar-refractivity contribution is 6.10.